The first-order valence-electron chi connectivity index (χ1n) is 6.93. The van der Waals surface area contributed by atoms with Gasteiger partial charge in [-0.25, -0.2) is 0 Å². The predicted octanol–water partition coefficient (Wildman–Crippen LogP) is 2.93. The highest BCUT2D eigenvalue weighted by molar-refractivity contribution is 5.68. The lowest BCUT2D eigenvalue weighted by Gasteiger charge is -2.17. The van der Waals surface area contributed by atoms with Gasteiger partial charge in [0.15, 0.2) is 0 Å². The van der Waals surface area contributed by atoms with Gasteiger partial charge in [0, 0.05) is 23.7 Å². The zero-order chi connectivity index (χ0) is 15.5. The van der Waals surface area contributed by atoms with Crippen LogP contribution in [0.4, 0.5) is 0 Å². The molecule has 0 saturated carbocycles. The van der Waals surface area contributed by atoms with Crippen LogP contribution in [0.3, 0.4) is 0 Å². The van der Waals surface area contributed by atoms with E-state index in [1.54, 1.807) is 27.2 Å². The van der Waals surface area contributed by atoms with Crippen molar-refractivity contribution >= 4 is 0 Å². The Hall–Kier alpha value is -2.01. The van der Waals surface area contributed by atoms with Gasteiger partial charge in [0.05, 0.1) is 25.5 Å². The van der Waals surface area contributed by atoms with E-state index in [-0.39, 0.29) is 0 Å². The summed E-state index contributed by atoms with van der Waals surface area (Å²) < 4.78 is 11.1. The van der Waals surface area contributed by atoms with Crippen molar-refractivity contribution in [2.75, 3.05) is 13.7 Å². The van der Waals surface area contributed by atoms with E-state index in [9.17, 15) is 5.11 Å². The summed E-state index contributed by atoms with van der Waals surface area (Å²) in [6.45, 7) is 5.95. The Balaban J connectivity index is 2.20. The van der Waals surface area contributed by atoms with E-state index in [0.717, 1.165) is 22.6 Å². The van der Waals surface area contributed by atoms with Crippen LogP contribution in [0.1, 0.15) is 26.0 Å². The summed E-state index contributed by atoms with van der Waals surface area (Å²) in [4.78, 5) is 0. The molecule has 1 aromatic heterocycles. The standard InChI is InChI=1S/C16H22N2O3/c1-11-15(10-17-18-11)12-7-13(20-4)9-14(8-12)21-6-5-16(2,3)19/h7-10,19H,5-6H2,1-4H3,(H,17,18). The van der Waals surface area contributed by atoms with E-state index in [0.29, 0.717) is 18.8 Å². The van der Waals surface area contributed by atoms with Gasteiger partial charge in [-0.1, -0.05) is 0 Å². The first-order chi connectivity index (χ1) is 9.89. The Labute approximate surface area is 124 Å². The SMILES string of the molecule is COc1cc(OCCC(C)(C)O)cc(-c2cn[nH]c2C)c1. The van der Waals surface area contributed by atoms with Crippen LogP contribution in [0.25, 0.3) is 11.1 Å². The normalized spacial score (nSPS) is 11.5. The van der Waals surface area contributed by atoms with Crippen molar-refractivity contribution in [3.63, 3.8) is 0 Å². The Morgan fingerprint density at radius 2 is 1.95 bits per heavy atom. The van der Waals surface area contributed by atoms with Gasteiger partial charge in [-0.15, -0.1) is 0 Å². The molecule has 1 aromatic carbocycles. The van der Waals surface area contributed by atoms with Crippen LogP contribution in [-0.2, 0) is 0 Å². The number of hydrogen-bond donors (Lipinski definition) is 2. The summed E-state index contributed by atoms with van der Waals surface area (Å²) in [5, 5.41) is 16.7. The minimum Gasteiger partial charge on any atom is -0.497 e. The van der Waals surface area contributed by atoms with Gasteiger partial charge < -0.3 is 14.6 Å². The highest BCUT2D eigenvalue weighted by atomic mass is 16.5. The van der Waals surface area contributed by atoms with E-state index in [1.165, 1.54) is 0 Å². The lowest BCUT2D eigenvalue weighted by Crippen LogP contribution is -2.21. The van der Waals surface area contributed by atoms with E-state index >= 15 is 0 Å². The summed E-state index contributed by atoms with van der Waals surface area (Å²) >= 11 is 0. The third kappa shape index (κ3) is 4.23. The minimum atomic E-state index is -0.733. The maximum absolute atomic E-state index is 9.72. The molecule has 0 unspecified atom stereocenters. The number of rotatable bonds is 6. The number of hydrogen-bond acceptors (Lipinski definition) is 4. The van der Waals surface area contributed by atoms with Gasteiger partial charge in [-0.3, -0.25) is 5.10 Å². The number of aromatic nitrogens is 2. The summed E-state index contributed by atoms with van der Waals surface area (Å²) in [6.07, 6.45) is 2.34. The highest BCUT2D eigenvalue weighted by Gasteiger charge is 2.13. The fraction of sp³-hybridized carbons (Fsp3) is 0.438. The minimum absolute atomic E-state index is 0.445. The van der Waals surface area contributed by atoms with E-state index in [2.05, 4.69) is 10.2 Å². The lowest BCUT2D eigenvalue weighted by atomic mass is 10.1. The van der Waals surface area contributed by atoms with Crippen LogP contribution in [0, 0.1) is 6.92 Å². The quantitative estimate of drug-likeness (QED) is 0.858. The number of methoxy groups -OCH3 is 1. The maximum atomic E-state index is 9.72. The van der Waals surface area contributed by atoms with E-state index in [1.807, 2.05) is 25.1 Å². The maximum Gasteiger partial charge on any atom is 0.123 e. The van der Waals surface area contributed by atoms with Crippen LogP contribution < -0.4 is 9.47 Å². The molecule has 2 aromatic rings. The van der Waals surface area contributed by atoms with Crippen molar-refractivity contribution in [1.29, 1.82) is 0 Å². The zero-order valence-electron chi connectivity index (χ0n) is 12.9. The molecule has 5 heteroatoms. The molecular weight excluding hydrogens is 268 g/mol. The van der Waals surface area contributed by atoms with Gasteiger partial charge in [0.25, 0.3) is 0 Å². The number of H-pyrrole nitrogens is 1. The number of benzene rings is 1. The molecule has 2 rings (SSSR count). The van der Waals surface area contributed by atoms with Crippen molar-refractivity contribution < 1.29 is 14.6 Å². The zero-order valence-corrected chi connectivity index (χ0v) is 12.9. The molecule has 0 bridgehead atoms. The van der Waals surface area contributed by atoms with Crippen LogP contribution in [0.5, 0.6) is 11.5 Å². The third-order valence-electron chi connectivity index (χ3n) is 3.24. The van der Waals surface area contributed by atoms with E-state index in [4.69, 9.17) is 9.47 Å². The van der Waals surface area contributed by atoms with Crippen molar-refractivity contribution in [3.8, 4) is 22.6 Å². The second kappa shape index (κ2) is 6.18. The topological polar surface area (TPSA) is 67.4 Å². The smallest absolute Gasteiger partial charge is 0.123 e. The Morgan fingerprint density at radius 3 is 2.52 bits per heavy atom. The third-order valence-corrected chi connectivity index (χ3v) is 3.24. The molecule has 0 fully saturated rings. The Morgan fingerprint density at radius 1 is 1.24 bits per heavy atom. The van der Waals surface area contributed by atoms with Crippen LogP contribution in [0.2, 0.25) is 0 Å². The summed E-state index contributed by atoms with van der Waals surface area (Å²) in [7, 11) is 1.63. The molecule has 0 spiro atoms. The number of ether oxygens (including phenoxy) is 2. The first-order valence-corrected chi connectivity index (χ1v) is 6.93. The van der Waals surface area contributed by atoms with Crippen LogP contribution >= 0.6 is 0 Å². The molecule has 0 amide bonds. The average Bonchev–Trinajstić information content (AvgIpc) is 2.83. The molecule has 0 aliphatic heterocycles. The summed E-state index contributed by atoms with van der Waals surface area (Å²) in [6, 6.07) is 5.73. The molecule has 114 valence electrons. The fourth-order valence-corrected chi connectivity index (χ4v) is 1.99. The van der Waals surface area contributed by atoms with Crippen molar-refractivity contribution in [2.24, 2.45) is 0 Å². The van der Waals surface area contributed by atoms with Gasteiger partial charge in [-0.05, 0) is 38.5 Å². The van der Waals surface area contributed by atoms with Crippen molar-refractivity contribution in [1.82, 2.24) is 10.2 Å². The molecule has 21 heavy (non-hydrogen) atoms. The van der Waals surface area contributed by atoms with E-state index < -0.39 is 5.60 Å². The summed E-state index contributed by atoms with van der Waals surface area (Å²) in [5.41, 5.74) is 2.26. The molecule has 1 heterocycles. The highest BCUT2D eigenvalue weighted by Crippen LogP contribution is 2.31. The number of nitrogens with one attached hydrogen (secondary N) is 1. The number of aliphatic hydroxyl groups is 1. The predicted molar refractivity (Wildman–Crippen MR) is 81.7 cm³/mol. The van der Waals surface area contributed by atoms with Gasteiger partial charge >= 0.3 is 0 Å². The fourth-order valence-electron chi connectivity index (χ4n) is 1.99. The first kappa shape index (κ1) is 15.4. The average molecular weight is 290 g/mol. The molecule has 0 aliphatic carbocycles. The van der Waals surface area contributed by atoms with Crippen molar-refractivity contribution in [3.05, 3.63) is 30.1 Å². The molecule has 0 atom stereocenters. The second-order valence-corrected chi connectivity index (χ2v) is 5.72. The molecule has 5 nitrogen and oxygen atoms in total. The van der Waals surface area contributed by atoms with Gasteiger partial charge in [-0.2, -0.15) is 5.10 Å². The second-order valence-electron chi connectivity index (χ2n) is 5.72. The van der Waals surface area contributed by atoms with Gasteiger partial charge in [0.2, 0.25) is 0 Å². The molecule has 0 saturated heterocycles. The van der Waals surface area contributed by atoms with Crippen LogP contribution in [-0.4, -0.2) is 34.6 Å². The number of aromatic amines is 1. The summed E-state index contributed by atoms with van der Waals surface area (Å²) in [5.74, 6) is 1.44. The van der Waals surface area contributed by atoms with Crippen molar-refractivity contribution in [2.45, 2.75) is 32.8 Å². The molecule has 0 radical (unpaired) electrons. The number of aryl methyl sites for hydroxylation is 1. The van der Waals surface area contributed by atoms with Crippen LogP contribution in [0.15, 0.2) is 24.4 Å². The lowest BCUT2D eigenvalue weighted by molar-refractivity contribution is 0.0553. The molecular formula is C16H22N2O3. The molecule has 0 aliphatic rings. The Bertz CT molecular complexity index is 600. The monoisotopic (exact) mass is 290 g/mol. The molecule has 2 N–H and O–H groups in total. The number of nitrogens with zero attached hydrogens (tertiary/aromatic N) is 1. The van der Waals surface area contributed by atoms with Gasteiger partial charge in [0.1, 0.15) is 11.5 Å². The Kier molecular flexibility index (Phi) is 4.53. The largest absolute Gasteiger partial charge is 0.497 e.